The summed E-state index contributed by atoms with van der Waals surface area (Å²) in [4.78, 5) is 0. The summed E-state index contributed by atoms with van der Waals surface area (Å²) in [5.41, 5.74) is 0.187. The second kappa shape index (κ2) is 5.47. The van der Waals surface area contributed by atoms with Crippen LogP contribution in [0.25, 0.3) is 0 Å². The minimum absolute atomic E-state index is 0.0558. The van der Waals surface area contributed by atoms with Crippen LogP contribution >= 0.6 is 0 Å². The van der Waals surface area contributed by atoms with E-state index in [9.17, 15) is 8.42 Å². The molecule has 96 valence electrons. The Hall–Kier alpha value is -0.130. The predicted octanol–water partition coefficient (Wildman–Crippen LogP) is 1.21. The summed E-state index contributed by atoms with van der Waals surface area (Å²) in [6.07, 6.45) is 3.38. The van der Waals surface area contributed by atoms with Crippen molar-refractivity contribution in [3.63, 3.8) is 0 Å². The van der Waals surface area contributed by atoms with Gasteiger partial charge in [-0.1, -0.05) is 13.8 Å². The third-order valence-corrected chi connectivity index (χ3v) is 5.76. The van der Waals surface area contributed by atoms with Crippen LogP contribution in [0.3, 0.4) is 0 Å². The summed E-state index contributed by atoms with van der Waals surface area (Å²) in [7, 11) is -3.14. The summed E-state index contributed by atoms with van der Waals surface area (Å²) in [6.45, 7) is 5.52. The van der Waals surface area contributed by atoms with Crippen LogP contribution in [-0.2, 0) is 10.0 Å². The molecule has 0 saturated carbocycles. The highest BCUT2D eigenvalue weighted by atomic mass is 32.2. The Morgan fingerprint density at radius 1 is 1.31 bits per heavy atom. The monoisotopic (exact) mass is 249 g/mol. The largest absolute Gasteiger partial charge is 0.396 e. The number of aliphatic hydroxyl groups excluding tert-OH is 1. The summed E-state index contributed by atoms with van der Waals surface area (Å²) in [6, 6.07) is 0. The number of aliphatic hydroxyl groups is 1. The van der Waals surface area contributed by atoms with Gasteiger partial charge in [-0.05, 0) is 31.1 Å². The SMILES string of the molecule is CCC1(CC)CCN(S(=O)(=O)CCCO)C1. The Balaban J connectivity index is 2.65. The number of sulfonamides is 1. The molecule has 0 atom stereocenters. The molecule has 1 saturated heterocycles. The Kier molecular flexibility index (Phi) is 4.76. The summed E-state index contributed by atoms with van der Waals surface area (Å²) < 4.78 is 25.5. The Morgan fingerprint density at radius 3 is 2.38 bits per heavy atom. The van der Waals surface area contributed by atoms with Crippen molar-refractivity contribution in [1.82, 2.24) is 4.31 Å². The van der Waals surface area contributed by atoms with Crippen molar-refractivity contribution in [3.8, 4) is 0 Å². The van der Waals surface area contributed by atoms with Crippen molar-refractivity contribution in [2.45, 2.75) is 39.5 Å². The van der Waals surface area contributed by atoms with Crippen LogP contribution in [0.1, 0.15) is 39.5 Å². The molecule has 0 unspecified atom stereocenters. The molecule has 0 aromatic heterocycles. The lowest BCUT2D eigenvalue weighted by atomic mass is 9.82. The van der Waals surface area contributed by atoms with Crippen molar-refractivity contribution >= 4 is 10.0 Å². The molecule has 1 aliphatic heterocycles. The lowest BCUT2D eigenvalue weighted by Gasteiger charge is -2.26. The zero-order valence-corrected chi connectivity index (χ0v) is 11.1. The lowest BCUT2D eigenvalue weighted by molar-refractivity contribution is 0.278. The Bertz CT molecular complexity index is 309. The van der Waals surface area contributed by atoms with Crippen LogP contribution in [0.4, 0.5) is 0 Å². The van der Waals surface area contributed by atoms with Gasteiger partial charge in [-0.2, -0.15) is 0 Å². The first kappa shape index (κ1) is 13.9. The van der Waals surface area contributed by atoms with Gasteiger partial charge in [0.25, 0.3) is 0 Å². The van der Waals surface area contributed by atoms with Crippen molar-refractivity contribution < 1.29 is 13.5 Å². The van der Waals surface area contributed by atoms with Gasteiger partial charge >= 0.3 is 0 Å². The summed E-state index contributed by atoms with van der Waals surface area (Å²) in [5.74, 6) is 0.0764. The quantitative estimate of drug-likeness (QED) is 0.770. The zero-order chi connectivity index (χ0) is 12.2. The van der Waals surface area contributed by atoms with Gasteiger partial charge in [0.2, 0.25) is 10.0 Å². The maximum atomic E-state index is 11.9. The first-order chi connectivity index (χ1) is 7.49. The Morgan fingerprint density at radius 2 is 1.94 bits per heavy atom. The van der Waals surface area contributed by atoms with Gasteiger partial charge in [0.15, 0.2) is 0 Å². The number of rotatable bonds is 6. The summed E-state index contributed by atoms with van der Waals surface area (Å²) in [5, 5.41) is 8.68. The van der Waals surface area contributed by atoms with E-state index in [1.54, 1.807) is 4.31 Å². The van der Waals surface area contributed by atoms with Gasteiger partial charge < -0.3 is 5.11 Å². The molecular formula is C11H23NO3S. The molecule has 0 bridgehead atoms. The van der Waals surface area contributed by atoms with Gasteiger partial charge in [0, 0.05) is 19.7 Å². The third kappa shape index (κ3) is 2.96. The summed E-state index contributed by atoms with van der Waals surface area (Å²) >= 11 is 0. The molecule has 16 heavy (non-hydrogen) atoms. The van der Waals surface area contributed by atoms with Crippen molar-refractivity contribution in [1.29, 1.82) is 0 Å². The molecule has 1 N–H and O–H groups in total. The van der Waals surface area contributed by atoms with Crippen LogP contribution < -0.4 is 0 Å². The fourth-order valence-corrected chi connectivity index (χ4v) is 3.93. The van der Waals surface area contributed by atoms with Crippen LogP contribution in [-0.4, -0.2) is 43.3 Å². The topological polar surface area (TPSA) is 57.6 Å². The maximum absolute atomic E-state index is 11.9. The average Bonchev–Trinajstić information content (AvgIpc) is 2.72. The molecule has 0 aromatic carbocycles. The van der Waals surface area contributed by atoms with E-state index in [-0.39, 0.29) is 17.8 Å². The number of nitrogens with zero attached hydrogens (tertiary/aromatic N) is 1. The van der Waals surface area contributed by atoms with E-state index in [2.05, 4.69) is 13.8 Å². The van der Waals surface area contributed by atoms with Crippen LogP contribution in [0.15, 0.2) is 0 Å². The Labute approximate surface area is 98.7 Å². The van der Waals surface area contributed by atoms with Crippen LogP contribution in [0.5, 0.6) is 0 Å². The van der Waals surface area contributed by atoms with E-state index in [0.29, 0.717) is 19.5 Å². The highest BCUT2D eigenvalue weighted by molar-refractivity contribution is 7.89. The van der Waals surface area contributed by atoms with E-state index in [4.69, 9.17) is 5.11 Å². The highest BCUT2D eigenvalue weighted by Crippen LogP contribution is 2.38. The van der Waals surface area contributed by atoms with E-state index in [0.717, 1.165) is 19.3 Å². The number of hydrogen-bond acceptors (Lipinski definition) is 3. The standard InChI is InChI=1S/C11H23NO3S/c1-3-11(4-2)6-7-12(10-11)16(14,15)9-5-8-13/h13H,3-10H2,1-2H3. The van der Waals surface area contributed by atoms with E-state index >= 15 is 0 Å². The van der Waals surface area contributed by atoms with E-state index in [1.807, 2.05) is 0 Å². The van der Waals surface area contributed by atoms with Crippen molar-refractivity contribution in [2.75, 3.05) is 25.4 Å². The van der Waals surface area contributed by atoms with E-state index in [1.165, 1.54) is 0 Å². The second-order valence-electron chi connectivity index (χ2n) is 4.68. The van der Waals surface area contributed by atoms with Gasteiger partial charge in [0.05, 0.1) is 5.75 Å². The van der Waals surface area contributed by atoms with Gasteiger partial charge in [-0.25, -0.2) is 12.7 Å². The van der Waals surface area contributed by atoms with Gasteiger partial charge in [0.1, 0.15) is 0 Å². The number of hydrogen-bond donors (Lipinski definition) is 1. The molecule has 4 nitrogen and oxygen atoms in total. The zero-order valence-electron chi connectivity index (χ0n) is 10.3. The first-order valence-electron chi connectivity index (χ1n) is 6.08. The third-order valence-electron chi connectivity index (χ3n) is 3.86. The molecule has 1 heterocycles. The maximum Gasteiger partial charge on any atom is 0.214 e. The molecule has 0 amide bonds. The minimum Gasteiger partial charge on any atom is -0.396 e. The fraction of sp³-hybridized carbons (Fsp3) is 1.00. The van der Waals surface area contributed by atoms with Gasteiger partial charge in [-0.15, -0.1) is 0 Å². The van der Waals surface area contributed by atoms with Crippen LogP contribution in [0.2, 0.25) is 0 Å². The van der Waals surface area contributed by atoms with Crippen molar-refractivity contribution in [2.24, 2.45) is 5.41 Å². The predicted molar refractivity (Wildman–Crippen MR) is 64.7 cm³/mol. The minimum atomic E-state index is -3.14. The average molecular weight is 249 g/mol. The molecular weight excluding hydrogens is 226 g/mol. The molecule has 0 aliphatic carbocycles. The smallest absolute Gasteiger partial charge is 0.214 e. The van der Waals surface area contributed by atoms with E-state index < -0.39 is 10.0 Å². The molecule has 0 radical (unpaired) electrons. The molecule has 0 aromatic rings. The second-order valence-corrected chi connectivity index (χ2v) is 6.77. The highest BCUT2D eigenvalue weighted by Gasteiger charge is 2.39. The molecule has 1 aliphatic rings. The van der Waals surface area contributed by atoms with Crippen LogP contribution in [0, 0.1) is 5.41 Å². The normalized spacial score (nSPS) is 21.4. The molecule has 1 rings (SSSR count). The van der Waals surface area contributed by atoms with Gasteiger partial charge in [-0.3, -0.25) is 0 Å². The fourth-order valence-electron chi connectivity index (χ4n) is 2.33. The molecule has 1 fully saturated rings. The molecule has 0 spiro atoms. The first-order valence-corrected chi connectivity index (χ1v) is 7.69. The lowest BCUT2D eigenvalue weighted by Crippen LogP contribution is -2.33. The molecule has 5 heteroatoms. The van der Waals surface area contributed by atoms with Crippen molar-refractivity contribution in [3.05, 3.63) is 0 Å².